The number of nitrogen functional groups attached to an aromatic ring is 1. The molecule has 0 aliphatic carbocycles. The van der Waals surface area contributed by atoms with Crippen LogP contribution in [0.4, 0.5) is 5.69 Å². The smallest absolute Gasteiger partial charge is 0.205 e. The van der Waals surface area contributed by atoms with E-state index in [1.807, 2.05) is 36.4 Å². The molecule has 0 unspecified atom stereocenters. The van der Waals surface area contributed by atoms with Gasteiger partial charge in [-0.15, -0.1) is 15.0 Å². The lowest BCUT2D eigenvalue weighted by Crippen LogP contribution is -2.01. The Balaban J connectivity index is 1.98. The molecule has 3 aromatic rings. The summed E-state index contributed by atoms with van der Waals surface area (Å²) in [4.78, 5) is 1.45. The van der Waals surface area contributed by atoms with Crippen molar-refractivity contribution < 1.29 is 4.74 Å². The van der Waals surface area contributed by atoms with Gasteiger partial charge in [-0.05, 0) is 17.3 Å². The minimum absolute atomic E-state index is 0.569. The molecule has 2 aromatic carbocycles. The van der Waals surface area contributed by atoms with Crippen molar-refractivity contribution in [1.29, 1.82) is 0 Å². The van der Waals surface area contributed by atoms with Gasteiger partial charge in [0.2, 0.25) is 5.82 Å². The Morgan fingerprint density at radius 2 is 1.90 bits per heavy atom. The second kappa shape index (κ2) is 5.00. The third kappa shape index (κ3) is 2.18. The molecular formula is C14H13N5O. The van der Waals surface area contributed by atoms with Crippen LogP contribution < -0.4 is 10.5 Å². The second-order valence-corrected chi connectivity index (χ2v) is 4.19. The Bertz CT molecular complexity index is 723. The van der Waals surface area contributed by atoms with Crippen molar-refractivity contribution >= 4 is 5.69 Å². The lowest BCUT2D eigenvalue weighted by atomic mass is 10.2. The van der Waals surface area contributed by atoms with E-state index >= 15 is 0 Å². The average Bonchev–Trinajstić information content (AvgIpc) is 2.98. The predicted molar refractivity (Wildman–Crippen MR) is 75.6 cm³/mol. The predicted octanol–water partition coefficient (Wildman–Crippen LogP) is 1.92. The van der Waals surface area contributed by atoms with Crippen molar-refractivity contribution in [2.24, 2.45) is 0 Å². The first kappa shape index (κ1) is 12.2. The number of methoxy groups -OCH3 is 1. The van der Waals surface area contributed by atoms with Crippen molar-refractivity contribution in [2.75, 3.05) is 12.8 Å². The first-order chi connectivity index (χ1) is 9.78. The topological polar surface area (TPSA) is 78.8 Å². The van der Waals surface area contributed by atoms with Gasteiger partial charge in [0.25, 0.3) is 0 Å². The molecule has 0 bridgehead atoms. The summed E-state index contributed by atoms with van der Waals surface area (Å²) in [6.07, 6.45) is 0. The fraction of sp³-hybridized carbons (Fsp3) is 0.0714. The van der Waals surface area contributed by atoms with Gasteiger partial charge in [0.15, 0.2) is 0 Å². The van der Waals surface area contributed by atoms with Crippen molar-refractivity contribution in [3.05, 3.63) is 48.5 Å². The molecule has 0 amide bonds. The molecule has 0 spiro atoms. The summed E-state index contributed by atoms with van der Waals surface area (Å²) in [6.45, 7) is 0. The van der Waals surface area contributed by atoms with Gasteiger partial charge < -0.3 is 10.5 Å². The van der Waals surface area contributed by atoms with Crippen LogP contribution in [-0.4, -0.2) is 27.3 Å². The molecule has 0 radical (unpaired) electrons. The molecule has 6 nitrogen and oxygen atoms in total. The van der Waals surface area contributed by atoms with Crippen LogP contribution in [0.25, 0.3) is 17.1 Å². The molecule has 0 saturated heterocycles. The van der Waals surface area contributed by atoms with Gasteiger partial charge in [0, 0.05) is 11.6 Å². The van der Waals surface area contributed by atoms with E-state index < -0.39 is 0 Å². The minimum Gasteiger partial charge on any atom is -0.495 e. The van der Waals surface area contributed by atoms with E-state index in [4.69, 9.17) is 10.5 Å². The quantitative estimate of drug-likeness (QED) is 0.733. The Kier molecular flexibility index (Phi) is 3.04. The zero-order valence-electron chi connectivity index (χ0n) is 10.9. The summed E-state index contributed by atoms with van der Waals surface area (Å²) in [5, 5.41) is 12.5. The lowest BCUT2D eigenvalue weighted by Gasteiger charge is -2.05. The molecule has 3 rings (SSSR count). The molecule has 1 aromatic heterocycles. The summed E-state index contributed by atoms with van der Waals surface area (Å²) in [7, 11) is 1.57. The van der Waals surface area contributed by atoms with Crippen LogP contribution in [0, 0.1) is 0 Å². The molecule has 0 aliphatic rings. The maximum absolute atomic E-state index is 5.78. The molecular weight excluding hydrogens is 254 g/mol. The summed E-state index contributed by atoms with van der Waals surface area (Å²) < 4.78 is 5.18. The van der Waals surface area contributed by atoms with Crippen molar-refractivity contribution in [3.63, 3.8) is 0 Å². The van der Waals surface area contributed by atoms with Gasteiger partial charge >= 0.3 is 0 Å². The summed E-state index contributed by atoms with van der Waals surface area (Å²) in [5.74, 6) is 1.16. The molecule has 100 valence electrons. The second-order valence-electron chi connectivity index (χ2n) is 4.19. The van der Waals surface area contributed by atoms with Crippen LogP contribution in [0.2, 0.25) is 0 Å². The molecule has 2 N–H and O–H groups in total. The summed E-state index contributed by atoms with van der Waals surface area (Å²) in [5.41, 5.74) is 8.01. The van der Waals surface area contributed by atoms with E-state index in [1.54, 1.807) is 19.2 Å². The van der Waals surface area contributed by atoms with E-state index in [9.17, 15) is 0 Å². The van der Waals surface area contributed by atoms with Gasteiger partial charge in [-0.2, -0.15) is 0 Å². The van der Waals surface area contributed by atoms with E-state index in [0.717, 1.165) is 11.3 Å². The molecule has 0 aliphatic heterocycles. The zero-order chi connectivity index (χ0) is 13.9. The molecule has 1 heterocycles. The van der Waals surface area contributed by atoms with Crippen LogP contribution in [0.5, 0.6) is 5.75 Å². The van der Waals surface area contributed by atoms with Crippen LogP contribution in [0.3, 0.4) is 0 Å². The van der Waals surface area contributed by atoms with E-state index in [2.05, 4.69) is 15.4 Å². The van der Waals surface area contributed by atoms with Gasteiger partial charge in [0.05, 0.1) is 18.5 Å². The van der Waals surface area contributed by atoms with E-state index in [-0.39, 0.29) is 0 Å². The number of nitrogens with zero attached hydrogens (tertiary/aromatic N) is 4. The third-order valence-electron chi connectivity index (χ3n) is 2.89. The molecule has 6 heteroatoms. The maximum Gasteiger partial charge on any atom is 0.205 e. The number of tetrazole rings is 1. The first-order valence-electron chi connectivity index (χ1n) is 6.07. The number of anilines is 1. The highest BCUT2D eigenvalue weighted by atomic mass is 16.5. The minimum atomic E-state index is 0.569. The van der Waals surface area contributed by atoms with Crippen molar-refractivity contribution in [3.8, 4) is 22.8 Å². The number of hydrogen-bond acceptors (Lipinski definition) is 5. The highest BCUT2D eigenvalue weighted by Crippen LogP contribution is 2.24. The van der Waals surface area contributed by atoms with Gasteiger partial charge in [-0.25, -0.2) is 0 Å². The monoisotopic (exact) mass is 267 g/mol. The maximum atomic E-state index is 5.78. The lowest BCUT2D eigenvalue weighted by molar-refractivity contribution is 0.416. The number of ether oxygens (including phenoxy) is 1. The number of aromatic nitrogens is 4. The third-order valence-corrected chi connectivity index (χ3v) is 2.89. The van der Waals surface area contributed by atoms with E-state index in [1.165, 1.54) is 4.80 Å². The highest BCUT2D eigenvalue weighted by molar-refractivity contribution is 5.57. The number of rotatable bonds is 3. The Labute approximate surface area is 115 Å². The SMILES string of the molecule is COc1cc(-n2nnc(-c3ccccc3)n2)ccc1N. The fourth-order valence-electron chi connectivity index (χ4n) is 1.85. The molecule has 20 heavy (non-hydrogen) atoms. The average molecular weight is 267 g/mol. The Morgan fingerprint density at radius 3 is 2.65 bits per heavy atom. The fourth-order valence-corrected chi connectivity index (χ4v) is 1.85. The molecule has 0 atom stereocenters. The summed E-state index contributed by atoms with van der Waals surface area (Å²) >= 11 is 0. The number of hydrogen-bond donors (Lipinski definition) is 1. The van der Waals surface area contributed by atoms with Gasteiger partial charge in [0.1, 0.15) is 5.75 Å². The Morgan fingerprint density at radius 1 is 1.10 bits per heavy atom. The normalized spacial score (nSPS) is 10.4. The first-order valence-corrected chi connectivity index (χ1v) is 6.07. The van der Waals surface area contributed by atoms with Crippen LogP contribution in [0.1, 0.15) is 0 Å². The van der Waals surface area contributed by atoms with Crippen LogP contribution >= 0.6 is 0 Å². The van der Waals surface area contributed by atoms with Gasteiger partial charge in [-0.3, -0.25) is 0 Å². The van der Waals surface area contributed by atoms with E-state index in [0.29, 0.717) is 17.3 Å². The standard InChI is InChI=1S/C14H13N5O/c1-20-13-9-11(7-8-12(13)15)19-17-14(16-18-19)10-5-3-2-4-6-10/h2-9H,15H2,1H3. The van der Waals surface area contributed by atoms with Crippen molar-refractivity contribution in [1.82, 2.24) is 20.2 Å². The Hall–Kier alpha value is -2.89. The number of benzene rings is 2. The summed E-state index contributed by atoms with van der Waals surface area (Å²) in [6, 6.07) is 15.0. The van der Waals surface area contributed by atoms with Crippen LogP contribution in [-0.2, 0) is 0 Å². The highest BCUT2D eigenvalue weighted by Gasteiger charge is 2.08. The van der Waals surface area contributed by atoms with Crippen molar-refractivity contribution in [2.45, 2.75) is 0 Å². The van der Waals surface area contributed by atoms with Crippen LogP contribution in [0.15, 0.2) is 48.5 Å². The molecule has 0 saturated carbocycles. The molecule has 0 fully saturated rings. The largest absolute Gasteiger partial charge is 0.495 e. The zero-order valence-corrected chi connectivity index (χ0v) is 10.9. The van der Waals surface area contributed by atoms with Gasteiger partial charge in [-0.1, -0.05) is 30.3 Å². The number of nitrogens with two attached hydrogens (primary N) is 1.